The predicted octanol–water partition coefficient (Wildman–Crippen LogP) is 1.05. The number of carbonyl (C=O) groups excluding carboxylic acids is 1. The smallest absolute Gasteiger partial charge is 0.246 e. The Kier molecular flexibility index (Phi) is 3.83. The van der Waals surface area contributed by atoms with Gasteiger partial charge >= 0.3 is 0 Å². The van der Waals surface area contributed by atoms with Crippen LogP contribution >= 0.6 is 0 Å². The lowest BCUT2D eigenvalue weighted by Gasteiger charge is -2.38. The van der Waals surface area contributed by atoms with Gasteiger partial charge in [0.2, 0.25) is 11.9 Å². The SMILES string of the molecule is O=C(Nc1nncn1C1CC1)C1COCCN1CC1CCC1. The third-order valence-corrected chi connectivity index (χ3v) is 5.01. The monoisotopic (exact) mass is 305 g/mol. The number of anilines is 1. The second kappa shape index (κ2) is 5.96. The van der Waals surface area contributed by atoms with Crippen molar-refractivity contribution in [3.8, 4) is 0 Å². The molecule has 1 unspecified atom stereocenters. The van der Waals surface area contributed by atoms with Crippen molar-refractivity contribution in [3.05, 3.63) is 6.33 Å². The molecule has 1 aromatic heterocycles. The number of rotatable bonds is 5. The van der Waals surface area contributed by atoms with E-state index in [9.17, 15) is 4.79 Å². The van der Waals surface area contributed by atoms with Gasteiger partial charge in [0, 0.05) is 19.1 Å². The second-order valence-electron chi connectivity index (χ2n) is 6.66. The Morgan fingerprint density at radius 3 is 2.95 bits per heavy atom. The fourth-order valence-corrected chi connectivity index (χ4v) is 3.25. The van der Waals surface area contributed by atoms with Crippen molar-refractivity contribution in [2.24, 2.45) is 5.92 Å². The van der Waals surface area contributed by atoms with Crippen molar-refractivity contribution in [3.63, 3.8) is 0 Å². The van der Waals surface area contributed by atoms with E-state index in [2.05, 4.69) is 20.4 Å². The largest absolute Gasteiger partial charge is 0.378 e. The Balaban J connectivity index is 1.41. The van der Waals surface area contributed by atoms with Gasteiger partial charge in [-0.2, -0.15) is 0 Å². The lowest BCUT2D eigenvalue weighted by molar-refractivity contribution is -0.128. The molecule has 0 bridgehead atoms. The van der Waals surface area contributed by atoms with Gasteiger partial charge in [-0.05, 0) is 31.6 Å². The molecule has 2 saturated carbocycles. The normalized spacial score (nSPS) is 26.6. The minimum Gasteiger partial charge on any atom is -0.378 e. The van der Waals surface area contributed by atoms with Gasteiger partial charge in [-0.3, -0.25) is 19.6 Å². The van der Waals surface area contributed by atoms with Gasteiger partial charge in [0.25, 0.3) is 0 Å². The van der Waals surface area contributed by atoms with Crippen LogP contribution in [0.4, 0.5) is 5.95 Å². The molecule has 22 heavy (non-hydrogen) atoms. The van der Waals surface area contributed by atoms with Crippen LogP contribution in [0.3, 0.4) is 0 Å². The summed E-state index contributed by atoms with van der Waals surface area (Å²) in [4.78, 5) is 14.9. The Labute approximate surface area is 130 Å². The van der Waals surface area contributed by atoms with E-state index < -0.39 is 0 Å². The highest BCUT2D eigenvalue weighted by Crippen LogP contribution is 2.36. The molecule has 3 fully saturated rings. The summed E-state index contributed by atoms with van der Waals surface area (Å²) in [6.45, 7) is 3.03. The third-order valence-electron chi connectivity index (χ3n) is 5.01. The van der Waals surface area contributed by atoms with E-state index in [4.69, 9.17) is 4.74 Å². The van der Waals surface area contributed by atoms with Crippen molar-refractivity contribution in [2.45, 2.75) is 44.2 Å². The number of amides is 1. The maximum absolute atomic E-state index is 12.6. The van der Waals surface area contributed by atoms with Crippen LogP contribution in [0.25, 0.3) is 0 Å². The topological polar surface area (TPSA) is 72.3 Å². The Hall–Kier alpha value is -1.47. The van der Waals surface area contributed by atoms with Crippen LogP contribution < -0.4 is 5.32 Å². The van der Waals surface area contributed by atoms with Crippen LogP contribution in [-0.4, -0.2) is 57.9 Å². The molecular formula is C15H23N5O2. The van der Waals surface area contributed by atoms with E-state index in [0.717, 1.165) is 38.5 Å². The number of morpholine rings is 1. The van der Waals surface area contributed by atoms with Crippen LogP contribution in [0.5, 0.6) is 0 Å². The summed E-state index contributed by atoms with van der Waals surface area (Å²) in [5.74, 6) is 1.30. The molecule has 1 saturated heterocycles. The van der Waals surface area contributed by atoms with Crippen molar-refractivity contribution >= 4 is 11.9 Å². The number of nitrogens with one attached hydrogen (secondary N) is 1. The van der Waals surface area contributed by atoms with Crippen molar-refractivity contribution in [2.75, 3.05) is 31.6 Å². The number of ether oxygens (including phenoxy) is 1. The first-order valence-electron chi connectivity index (χ1n) is 8.33. The van der Waals surface area contributed by atoms with E-state index in [1.807, 2.05) is 4.57 Å². The quantitative estimate of drug-likeness (QED) is 0.880. The molecule has 3 aliphatic rings. The van der Waals surface area contributed by atoms with Gasteiger partial charge in [0.15, 0.2) is 0 Å². The van der Waals surface area contributed by atoms with Gasteiger partial charge in [0.05, 0.1) is 13.2 Å². The van der Waals surface area contributed by atoms with Gasteiger partial charge < -0.3 is 4.74 Å². The zero-order valence-corrected chi connectivity index (χ0v) is 12.8. The molecule has 2 heterocycles. The summed E-state index contributed by atoms with van der Waals surface area (Å²) in [5.41, 5.74) is 0. The number of hydrogen-bond acceptors (Lipinski definition) is 5. The van der Waals surface area contributed by atoms with Gasteiger partial charge in [-0.15, -0.1) is 10.2 Å². The maximum atomic E-state index is 12.6. The molecule has 0 aromatic carbocycles. The molecule has 4 rings (SSSR count). The summed E-state index contributed by atoms with van der Waals surface area (Å²) in [7, 11) is 0. The molecule has 1 atom stereocenters. The van der Waals surface area contributed by atoms with Gasteiger partial charge in [-0.25, -0.2) is 0 Å². The summed E-state index contributed by atoms with van der Waals surface area (Å²) < 4.78 is 7.50. The number of carbonyl (C=O) groups is 1. The first-order chi connectivity index (χ1) is 10.8. The zero-order valence-electron chi connectivity index (χ0n) is 12.8. The number of hydrogen-bond donors (Lipinski definition) is 1. The first kappa shape index (κ1) is 14.1. The van der Waals surface area contributed by atoms with Crippen LogP contribution in [0.1, 0.15) is 38.1 Å². The lowest BCUT2D eigenvalue weighted by atomic mass is 9.84. The van der Waals surface area contributed by atoms with Gasteiger partial charge in [0.1, 0.15) is 12.4 Å². The summed E-state index contributed by atoms with van der Waals surface area (Å²) in [6, 6.07) is 0.248. The molecule has 7 heteroatoms. The Morgan fingerprint density at radius 1 is 1.36 bits per heavy atom. The molecule has 0 radical (unpaired) electrons. The molecule has 7 nitrogen and oxygen atoms in total. The molecule has 2 aliphatic carbocycles. The maximum Gasteiger partial charge on any atom is 0.246 e. The molecule has 1 N–H and O–H groups in total. The average Bonchev–Trinajstić information content (AvgIpc) is 3.23. The molecule has 120 valence electrons. The fraction of sp³-hybridized carbons (Fsp3) is 0.800. The molecule has 1 amide bonds. The van der Waals surface area contributed by atoms with Crippen LogP contribution in [0.15, 0.2) is 6.33 Å². The highest BCUT2D eigenvalue weighted by atomic mass is 16.5. The molecular weight excluding hydrogens is 282 g/mol. The van der Waals surface area contributed by atoms with E-state index >= 15 is 0 Å². The summed E-state index contributed by atoms with van der Waals surface area (Å²) >= 11 is 0. The minimum absolute atomic E-state index is 0.0195. The van der Waals surface area contributed by atoms with Crippen LogP contribution in [0, 0.1) is 5.92 Å². The van der Waals surface area contributed by atoms with Gasteiger partial charge in [-0.1, -0.05) is 6.42 Å². The van der Waals surface area contributed by atoms with Crippen molar-refractivity contribution in [1.82, 2.24) is 19.7 Å². The third kappa shape index (κ3) is 2.87. The van der Waals surface area contributed by atoms with E-state index in [1.54, 1.807) is 6.33 Å². The fourth-order valence-electron chi connectivity index (χ4n) is 3.25. The second-order valence-corrected chi connectivity index (χ2v) is 6.66. The molecule has 0 spiro atoms. The molecule has 1 aromatic rings. The van der Waals surface area contributed by atoms with E-state index in [1.165, 1.54) is 19.3 Å². The van der Waals surface area contributed by atoms with Crippen molar-refractivity contribution < 1.29 is 9.53 Å². The highest BCUT2D eigenvalue weighted by Gasteiger charge is 2.34. The first-order valence-corrected chi connectivity index (χ1v) is 8.33. The lowest BCUT2D eigenvalue weighted by Crippen LogP contribution is -2.53. The van der Waals surface area contributed by atoms with Crippen LogP contribution in [0.2, 0.25) is 0 Å². The van der Waals surface area contributed by atoms with E-state index in [-0.39, 0.29) is 11.9 Å². The Morgan fingerprint density at radius 2 is 2.23 bits per heavy atom. The number of aromatic nitrogens is 3. The molecule has 1 aliphatic heterocycles. The Bertz CT molecular complexity index is 538. The number of nitrogens with zero attached hydrogens (tertiary/aromatic N) is 4. The minimum atomic E-state index is -0.210. The predicted molar refractivity (Wildman–Crippen MR) is 80.4 cm³/mol. The summed E-state index contributed by atoms with van der Waals surface area (Å²) in [5, 5.41) is 10.9. The summed E-state index contributed by atoms with van der Waals surface area (Å²) in [6.07, 6.45) is 7.90. The van der Waals surface area contributed by atoms with Crippen molar-refractivity contribution in [1.29, 1.82) is 0 Å². The van der Waals surface area contributed by atoms with Crippen LogP contribution in [-0.2, 0) is 9.53 Å². The highest BCUT2D eigenvalue weighted by molar-refractivity contribution is 5.93. The van der Waals surface area contributed by atoms with E-state index in [0.29, 0.717) is 18.6 Å². The average molecular weight is 305 g/mol. The zero-order chi connectivity index (χ0) is 14.9. The standard InChI is InChI=1S/C15H23N5O2/c21-14(17-15-18-16-10-20(15)12-4-5-12)13-9-22-7-6-19(13)8-11-2-1-3-11/h10-13H,1-9H2,(H,17,18,21).